The number of rotatable bonds is 1. The molecule has 0 radical (unpaired) electrons. The summed E-state index contributed by atoms with van der Waals surface area (Å²) in [7, 11) is 0. The number of halogens is 1. The summed E-state index contributed by atoms with van der Waals surface area (Å²) in [6, 6.07) is 4.71. The average molecular weight is 236 g/mol. The first-order valence-corrected chi connectivity index (χ1v) is 6.64. The van der Waals surface area contributed by atoms with Gasteiger partial charge in [0.1, 0.15) is 11.6 Å². The molecule has 1 N–H and O–H groups in total. The molecule has 1 aliphatic heterocycles. The summed E-state index contributed by atoms with van der Waals surface area (Å²) < 4.78 is 13.0. The van der Waals surface area contributed by atoms with Crippen LogP contribution in [-0.2, 0) is 0 Å². The van der Waals surface area contributed by atoms with E-state index in [1.165, 1.54) is 37.1 Å². The van der Waals surface area contributed by atoms with E-state index in [4.69, 9.17) is 0 Å². The Labute approximate surface area is 97.6 Å². The predicted molar refractivity (Wildman–Crippen MR) is 65.1 cm³/mol. The van der Waals surface area contributed by atoms with E-state index in [1.807, 2.05) is 11.8 Å². The van der Waals surface area contributed by atoms with Crippen molar-refractivity contribution in [2.24, 2.45) is 0 Å². The number of nitrogens with one attached hydrogen (secondary N) is 1. The molecular formula is C12H13FN2S. The smallest absolute Gasteiger partial charge is 0.125 e. The van der Waals surface area contributed by atoms with Crippen molar-refractivity contribution in [2.75, 3.05) is 5.75 Å². The number of fused-ring (bicyclic) bond motifs is 1. The summed E-state index contributed by atoms with van der Waals surface area (Å²) in [6.45, 7) is 0. The number of benzene rings is 1. The Morgan fingerprint density at radius 1 is 1.38 bits per heavy atom. The largest absolute Gasteiger partial charge is 0.341 e. The van der Waals surface area contributed by atoms with Crippen LogP contribution in [0.3, 0.4) is 0 Å². The minimum absolute atomic E-state index is 0.209. The second kappa shape index (κ2) is 4.09. The zero-order valence-corrected chi connectivity index (χ0v) is 9.69. The highest BCUT2D eigenvalue weighted by Gasteiger charge is 2.19. The fraction of sp³-hybridized carbons (Fsp3) is 0.417. The van der Waals surface area contributed by atoms with Crippen LogP contribution >= 0.6 is 11.8 Å². The first kappa shape index (κ1) is 10.1. The lowest BCUT2D eigenvalue weighted by molar-refractivity contribution is 0.629. The summed E-state index contributed by atoms with van der Waals surface area (Å²) in [5.74, 6) is 2.00. The van der Waals surface area contributed by atoms with E-state index >= 15 is 0 Å². The van der Waals surface area contributed by atoms with E-state index in [-0.39, 0.29) is 5.82 Å². The van der Waals surface area contributed by atoms with Crippen LogP contribution in [0.4, 0.5) is 4.39 Å². The van der Waals surface area contributed by atoms with Crippen molar-refractivity contribution in [1.82, 2.24) is 9.97 Å². The van der Waals surface area contributed by atoms with Crippen molar-refractivity contribution in [1.29, 1.82) is 0 Å². The van der Waals surface area contributed by atoms with Gasteiger partial charge < -0.3 is 4.98 Å². The molecule has 2 aromatic rings. The van der Waals surface area contributed by atoms with Gasteiger partial charge in [0, 0.05) is 0 Å². The normalized spacial score (nSPS) is 21.4. The van der Waals surface area contributed by atoms with Gasteiger partial charge in [-0.15, -0.1) is 0 Å². The molecule has 0 amide bonds. The molecule has 1 unspecified atom stereocenters. The zero-order valence-electron chi connectivity index (χ0n) is 8.87. The maximum Gasteiger partial charge on any atom is 0.125 e. The standard InChI is InChI=1S/C12H13FN2S/c13-8-4-5-9-10(7-8)15-12(14-9)11-3-1-2-6-16-11/h4-5,7,11H,1-3,6H2,(H,14,15). The molecule has 0 saturated carbocycles. The summed E-state index contributed by atoms with van der Waals surface area (Å²) in [4.78, 5) is 7.77. The van der Waals surface area contributed by atoms with Crippen LogP contribution in [0.25, 0.3) is 11.0 Å². The van der Waals surface area contributed by atoms with Crippen molar-refractivity contribution in [3.8, 4) is 0 Å². The molecule has 1 atom stereocenters. The number of H-pyrrole nitrogens is 1. The Hall–Kier alpha value is -1.03. The first-order chi connectivity index (χ1) is 7.83. The number of hydrogen-bond donors (Lipinski definition) is 1. The van der Waals surface area contributed by atoms with Gasteiger partial charge in [0.15, 0.2) is 0 Å². The van der Waals surface area contributed by atoms with Crippen LogP contribution in [-0.4, -0.2) is 15.7 Å². The van der Waals surface area contributed by atoms with E-state index in [1.54, 1.807) is 6.07 Å². The first-order valence-electron chi connectivity index (χ1n) is 5.60. The number of imidazole rings is 1. The number of aromatic amines is 1. The van der Waals surface area contributed by atoms with Gasteiger partial charge in [0.05, 0.1) is 16.3 Å². The van der Waals surface area contributed by atoms with Gasteiger partial charge >= 0.3 is 0 Å². The Kier molecular flexibility index (Phi) is 2.59. The fourth-order valence-electron chi connectivity index (χ4n) is 2.11. The summed E-state index contributed by atoms with van der Waals surface area (Å²) in [5.41, 5.74) is 1.67. The molecule has 1 aromatic carbocycles. The van der Waals surface area contributed by atoms with Crippen molar-refractivity contribution in [2.45, 2.75) is 24.5 Å². The molecule has 2 nitrogen and oxygen atoms in total. The molecule has 0 bridgehead atoms. The maximum absolute atomic E-state index is 13.0. The summed E-state index contributed by atoms with van der Waals surface area (Å²) >= 11 is 1.95. The SMILES string of the molecule is Fc1ccc2nc(C3CCCCS3)[nH]c2c1. The highest BCUT2D eigenvalue weighted by molar-refractivity contribution is 7.99. The van der Waals surface area contributed by atoms with Crippen molar-refractivity contribution in [3.63, 3.8) is 0 Å². The van der Waals surface area contributed by atoms with Crippen LogP contribution in [0.5, 0.6) is 0 Å². The second-order valence-electron chi connectivity index (χ2n) is 4.14. The number of thioether (sulfide) groups is 1. The molecule has 1 aromatic heterocycles. The number of aromatic nitrogens is 2. The molecule has 0 aliphatic carbocycles. The highest BCUT2D eigenvalue weighted by atomic mass is 32.2. The van der Waals surface area contributed by atoms with E-state index < -0.39 is 0 Å². The van der Waals surface area contributed by atoms with Crippen LogP contribution in [0.15, 0.2) is 18.2 Å². The maximum atomic E-state index is 13.0. The summed E-state index contributed by atoms with van der Waals surface area (Å²) in [5, 5.41) is 0.462. The number of hydrogen-bond acceptors (Lipinski definition) is 2. The average Bonchev–Trinajstić information content (AvgIpc) is 2.73. The van der Waals surface area contributed by atoms with Crippen LogP contribution in [0, 0.1) is 5.82 Å². The van der Waals surface area contributed by atoms with Gasteiger partial charge in [0.2, 0.25) is 0 Å². The number of nitrogens with zero attached hydrogens (tertiary/aromatic N) is 1. The lowest BCUT2D eigenvalue weighted by atomic mass is 10.2. The second-order valence-corrected chi connectivity index (χ2v) is 5.45. The van der Waals surface area contributed by atoms with Gasteiger partial charge in [-0.2, -0.15) is 11.8 Å². The Balaban J connectivity index is 1.97. The van der Waals surface area contributed by atoms with Gasteiger partial charge in [-0.05, 0) is 36.8 Å². The van der Waals surface area contributed by atoms with Crippen molar-refractivity contribution < 1.29 is 4.39 Å². The van der Waals surface area contributed by atoms with E-state index in [0.29, 0.717) is 5.25 Å². The Bertz CT molecular complexity index is 503. The van der Waals surface area contributed by atoms with Gasteiger partial charge in [0.25, 0.3) is 0 Å². The minimum atomic E-state index is -0.209. The molecule has 0 spiro atoms. The third-order valence-electron chi connectivity index (χ3n) is 2.95. The molecule has 3 rings (SSSR count). The van der Waals surface area contributed by atoms with E-state index in [0.717, 1.165) is 16.9 Å². The quantitative estimate of drug-likeness (QED) is 0.818. The zero-order chi connectivity index (χ0) is 11.0. The topological polar surface area (TPSA) is 28.7 Å². The third kappa shape index (κ3) is 1.82. The predicted octanol–water partition coefficient (Wildman–Crippen LogP) is 3.66. The molecule has 1 saturated heterocycles. The molecular weight excluding hydrogens is 223 g/mol. The molecule has 1 aliphatic rings. The van der Waals surface area contributed by atoms with Crippen LogP contribution in [0.1, 0.15) is 30.3 Å². The van der Waals surface area contributed by atoms with E-state index in [2.05, 4.69) is 9.97 Å². The van der Waals surface area contributed by atoms with Gasteiger partial charge in [-0.1, -0.05) is 6.42 Å². The monoisotopic (exact) mass is 236 g/mol. The lowest BCUT2D eigenvalue weighted by Crippen LogP contribution is -2.03. The van der Waals surface area contributed by atoms with Crippen molar-refractivity contribution >= 4 is 22.8 Å². The van der Waals surface area contributed by atoms with E-state index in [9.17, 15) is 4.39 Å². The molecule has 16 heavy (non-hydrogen) atoms. The third-order valence-corrected chi connectivity index (χ3v) is 4.33. The van der Waals surface area contributed by atoms with Crippen LogP contribution < -0.4 is 0 Å². The van der Waals surface area contributed by atoms with Gasteiger partial charge in [-0.25, -0.2) is 9.37 Å². The molecule has 84 valence electrons. The van der Waals surface area contributed by atoms with Crippen molar-refractivity contribution in [3.05, 3.63) is 29.8 Å². The molecule has 2 heterocycles. The minimum Gasteiger partial charge on any atom is -0.341 e. The fourth-order valence-corrected chi connectivity index (χ4v) is 3.37. The Morgan fingerprint density at radius 3 is 3.12 bits per heavy atom. The Morgan fingerprint density at radius 2 is 2.31 bits per heavy atom. The molecule has 1 fully saturated rings. The van der Waals surface area contributed by atoms with Gasteiger partial charge in [-0.3, -0.25) is 0 Å². The lowest BCUT2D eigenvalue weighted by Gasteiger charge is -2.18. The van der Waals surface area contributed by atoms with Crippen LogP contribution in [0.2, 0.25) is 0 Å². The highest BCUT2D eigenvalue weighted by Crippen LogP contribution is 2.37. The molecule has 4 heteroatoms. The summed E-state index contributed by atoms with van der Waals surface area (Å²) in [6.07, 6.45) is 3.74.